The zero-order valence-electron chi connectivity index (χ0n) is 9.76. The number of benzene rings is 1. The third-order valence-corrected chi connectivity index (χ3v) is 2.27. The molecule has 1 heterocycles. The van der Waals surface area contributed by atoms with Crippen molar-refractivity contribution < 1.29 is 13.9 Å². The summed E-state index contributed by atoms with van der Waals surface area (Å²) >= 11 is 0. The largest absolute Gasteiger partial charge is 0.497 e. The summed E-state index contributed by atoms with van der Waals surface area (Å²) in [5.74, 6) is -0.0756. The Kier molecular flexibility index (Phi) is 3.57. The number of halogens is 1. The van der Waals surface area contributed by atoms with Gasteiger partial charge < -0.3 is 15.2 Å². The summed E-state index contributed by atoms with van der Waals surface area (Å²) in [7, 11) is 1.59. The Morgan fingerprint density at radius 3 is 2.67 bits per heavy atom. The number of anilines is 1. The number of nitrogen functional groups attached to an aromatic ring is 1. The van der Waals surface area contributed by atoms with Crippen molar-refractivity contribution in [3.8, 4) is 11.6 Å². The van der Waals surface area contributed by atoms with E-state index < -0.39 is 5.82 Å². The van der Waals surface area contributed by atoms with Gasteiger partial charge in [0.25, 0.3) is 5.88 Å². The third-order valence-electron chi connectivity index (χ3n) is 2.27. The lowest BCUT2D eigenvalue weighted by molar-refractivity contribution is 0.276. The lowest BCUT2D eigenvalue weighted by atomic mass is 10.2. The average Bonchev–Trinajstić information content (AvgIpc) is 2.40. The van der Waals surface area contributed by atoms with Crippen LogP contribution in [0.2, 0.25) is 0 Å². The first kappa shape index (κ1) is 12.1. The minimum Gasteiger partial charge on any atom is -0.497 e. The fourth-order valence-corrected chi connectivity index (χ4v) is 1.34. The fraction of sp³-hybridized carbons (Fsp3) is 0.167. The number of hydrogen-bond acceptors (Lipinski definition) is 5. The summed E-state index contributed by atoms with van der Waals surface area (Å²) in [4.78, 5) is 7.18. The van der Waals surface area contributed by atoms with Crippen molar-refractivity contribution in [2.45, 2.75) is 6.61 Å². The van der Waals surface area contributed by atoms with E-state index in [9.17, 15) is 4.39 Å². The molecule has 94 valence electrons. The van der Waals surface area contributed by atoms with Crippen molar-refractivity contribution in [2.75, 3.05) is 12.8 Å². The highest BCUT2D eigenvalue weighted by molar-refractivity contribution is 5.27. The fourth-order valence-electron chi connectivity index (χ4n) is 1.34. The second-order valence-corrected chi connectivity index (χ2v) is 3.52. The summed E-state index contributed by atoms with van der Waals surface area (Å²) in [5, 5.41) is 0. The van der Waals surface area contributed by atoms with Crippen LogP contribution in [0.3, 0.4) is 0 Å². The molecular formula is C12H12FN3O2. The van der Waals surface area contributed by atoms with E-state index in [0.29, 0.717) is 0 Å². The SMILES string of the molecule is COc1ccc(COc2nc(N)ncc2F)cc1. The van der Waals surface area contributed by atoms with E-state index >= 15 is 0 Å². The van der Waals surface area contributed by atoms with Crippen LogP contribution in [0.15, 0.2) is 30.5 Å². The van der Waals surface area contributed by atoms with Gasteiger partial charge in [-0.05, 0) is 17.7 Å². The van der Waals surface area contributed by atoms with E-state index in [1.54, 1.807) is 19.2 Å². The molecule has 0 radical (unpaired) electrons. The highest BCUT2D eigenvalue weighted by atomic mass is 19.1. The summed E-state index contributed by atoms with van der Waals surface area (Å²) in [6.07, 6.45) is 0.978. The molecule has 1 aromatic carbocycles. The Hall–Kier alpha value is -2.37. The van der Waals surface area contributed by atoms with Crippen LogP contribution in [0.25, 0.3) is 0 Å². The van der Waals surface area contributed by atoms with Gasteiger partial charge in [0.05, 0.1) is 13.3 Å². The second-order valence-electron chi connectivity index (χ2n) is 3.52. The van der Waals surface area contributed by atoms with E-state index in [0.717, 1.165) is 17.5 Å². The van der Waals surface area contributed by atoms with Crippen LogP contribution in [-0.4, -0.2) is 17.1 Å². The molecule has 0 aliphatic rings. The summed E-state index contributed by atoms with van der Waals surface area (Å²) < 4.78 is 23.5. The molecule has 18 heavy (non-hydrogen) atoms. The molecule has 2 N–H and O–H groups in total. The van der Waals surface area contributed by atoms with Crippen molar-refractivity contribution in [3.05, 3.63) is 41.8 Å². The first-order valence-electron chi connectivity index (χ1n) is 5.23. The van der Waals surface area contributed by atoms with Gasteiger partial charge in [0.1, 0.15) is 12.4 Å². The normalized spacial score (nSPS) is 10.1. The summed E-state index contributed by atoms with van der Waals surface area (Å²) in [5.41, 5.74) is 6.22. The Balaban J connectivity index is 2.04. The number of hydrogen-bond donors (Lipinski definition) is 1. The monoisotopic (exact) mass is 249 g/mol. The van der Waals surface area contributed by atoms with Gasteiger partial charge in [-0.1, -0.05) is 12.1 Å². The smallest absolute Gasteiger partial charge is 0.255 e. The maximum absolute atomic E-state index is 13.3. The number of nitrogens with zero attached hydrogens (tertiary/aromatic N) is 2. The maximum Gasteiger partial charge on any atom is 0.255 e. The van der Waals surface area contributed by atoms with Crippen LogP contribution < -0.4 is 15.2 Å². The predicted octanol–water partition coefficient (Wildman–Crippen LogP) is 1.79. The Morgan fingerprint density at radius 2 is 2.00 bits per heavy atom. The summed E-state index contributed by atoms with van der Waals surface area (Å²) in [6, 6.07) is 7.23. The topological polar surface area (TPSA) is 70.3 Å². The van der Waals surface area contributed by atoms with Crippen molar-refractivity contribution in [1.29, 1.82) is 0 Å². The molecule has 0 spiro atoms. The number of nitrogens with two attached hydrogens (primary N) is 1. The van der Waals surface area contributed by atoms with E-state index in [1.165, 1.54) is 0 Å². The number of aromatic nitrogens is 2. The van der Waals surface area contributed by atoms with Crippen LogP contribution in [0.4, 0.5) is 10.3 Å². The van der Waals surface area contributed by atoms with Crippen LogP contribution in [0, 0.1) is 5.82 Å². The molecule has 0 bridgehead atoms. The first-order valence-corrected chi connectivity index (χ1v) is 5.23. The Morgan fingerprint density at radius 1 is 1.28 bits per heavy atom. The van der Waals surface area contributed by atoms with Crippen LogP contribution in [-0.2, 0) is 6.61 Å². The summed E-state index contributed by atoms with van der Waals surface area (Å²) in [6.45, 7) is 0.192. The lowest BCUT2D eigenvalue weighted by Crippen LogP contribution is -2.03. The van der Waals surface area contributed by atoms with Gasteiger partial charge >= 0.3 is 0 Å². The van der Waals surface area contributed by atoms with E-state index in [4.69, 9.17) is 15.2 Å². The van der Waals surface area contributed by atoms with E-state index in [-0.39, 0.29) is 18.4 Å². The minimum atomic E-state index is -0.641. The molecule has 0 aliphatic carbocycles. The van der Waals surface area contributed by atoms with Crippen molar-refractivity contribution in [1.82, 2.24) is 9.97 Å². The Labute approximate surface area is 103 Å². The minimum absolute atomic E-state index is 0.0267. The second kappa shape index (κ2) is 5.31. The predicted molar refractivity (Wildman–Crippen MR) is 63.7 cm³/mol. The van der Waals surface area contributed by atoms with E-state index in [1.807, 2.05) is 12.1 Å². The molecule has 0 fully saturated rings. The van der Waals surface area contributed by atoms with Gasteiger partial charge in [0, 0.05) is 0 Å². The zero-order chi connectivity index (χ0) is 13.0. The molecule has 0 aliphatic heterocycles. The van der Waals surface area contributed by atoms with Crippen molar-refractivity contribution >= 4 is 5.95 Å². The lowest BCUT2D eigenvalue weighted by Gasteiger charge is -2.07. The van der Waals surface area contributed by atoms with Crippen LogP contribution in [0.1, 0.15) is 5.56 Å². The highest BCUT2D eigenvalue weighted by Gasteiger charge is 2.07. The quantitative estimate of drug-likeness (QED) is 0.894. The highest BCUT2D eigenvalue weighted by Crippen LogP contribution is 2.16. The molecule has 0 unspecified atom stereocenters. The van der Waals surface area contributed by atoms with Gasteiger partial charge in [-0.3, -0.25) is 0 Å². The first-order chi connectivity index (χ1) is 8.69. The molecule has 5 nitrogen and oxygen atoms in total. The van der Waals surface area contributed by atoms with Gasteiger partial charge in [0.15, 0.2) is 0 Å². The van der Waals surface area contributed by atoms with Gasteiger partial charge in [-0.25, -0.2) is 4.98 Å². The molecule has 6 heteroatoms. The standard InChI is InChI=1S/C12H12FN3O2/c1-17-9-4-2-8(3-5-9)7-18-11-10(13)6-15-12(14)16-11/h2-6H,7H2,1H3,(H2,14,15,16). The molecule has 0 saturated carbocycles. The molecule has 0 amide bonds. The van der Waals surface area contributed by atoms with Gasteiger partial charge in [-0.2, -0.15) is 9.37 Å². The number of ether oxygens (including phenoxy) is 2. The molecule has 2 rings (SSSR count). The third kappa shape index (κ3) is 2.85. The molecule has 2 aromatic rings. The van der Waals surface area contributed by atoms with Gasteiger partial charge in [-0.15, -0.1) is 0 Å². The van der Waals surface area contributed by atoms with Crippen molar-refractivity contribution in [3.63, 3.8) is 0 Å². The molecular weight excluding hydrogens is 237 g/mol. The van der Waals surface area contributed by atoms with Crippen molar-refractivity contribution in [2.24, 2.45) is 0 Å². The van der Waals surface area contributed by atoms with Crippen LogP contribution >= 0.6 is 0 Å². The van der Waals surface area contributed by atoms with E-state index in [2.05, 4.69) is 9.97 Å². The number of rotatable bonds is 4. The molecule has 0 saturated heterocycles. The average molecular weight is 249 g/mol. The Bertz CT molecular complexity index is 531. The van der Waals surface area contributed by atoms with Gasteiger partial charge in [0.2, 0.25) is 11.8 Å². The molecule has 0 atom stereocenters. The number of methoxy groups -OCH3 is 1. The maximum atomic E-state index is 13.3. The molecule has 1 aromatic heterocycles. The zero-order valence-corrected chi connectivity index (χ0v) is 9.76. The van der Waals surface area contributed by atoms with Crippen LogP contribution in [0.5, 0.6) is 11.6 Å².